The Kier molecular flexibility index (Phi) is 6.16. The number of hydrogen-bond donors (Lipinski definition) is 0. The highest BCUT2D eigenvalue weighted by molar-refractivity contribution is 8.05. The highest BCUT2D eigenvalue weighted by Crippen LogP contribution is 2.60. The van der Waals surface area contributed by atoms with E-state index < -0.39 is 0 Å². The lowest BCUT2D eigenvalue weighted by atomic mass is 9.82. The van der Waals surface area contributed by atoms with Gasteiger partial charge in [0.25, 0.3) is 0 Å². The molecule has 0 fully saturated rings. The average Bonchev–Trinajstić information content (AvgIpc) is 3.38. The van der Waals surface area contributed by atoms with Gasteiger partial charge in [0.15, 0.2) is 0 Å². The number of benzene rings is 8. The van der Waals surface area contributed by atoms with Crippen LogP contribution in [-0.4, -0.2) is 0 Å². The molecule has 0 saturated carbocycles. The summed E-state index contributed by atoms with van der Waals surface area (Å²) in [4.78, 5) is 7.78. The molecule has 0 saturated heterocycles. The quantitative estimate of drug-likeness (QED) is 0.175. The van der Waals surface area contributed by atoms with Crippen LogP contribution in [-0.2, 0) is 5.41 Å². The minimum Gasteiger partial charge on any atom is -0.309 e. The average molecular weight is 650 g/mol. The van der Waals surface area contributed by atoms with E-state index in [9.17, 15) is 0 Å². The molecule has 0 aromatic heterocycles. The Bertz CT molecular complexity index is 2570. The zero-order valence-corrected chi connectivity index (χ0v) is 28.3. The van der Waals surface area contributed by atoms with Gasteiger partial charge in [-0.25, -0.2) is 0 Å². The topological polar surface area (TPSA) is 3.24 Å². The Morgan fingerprint density at radius 3 is 1.81 bits per heavy atom. The first-order valence-electron chi connectivity index (χ1n) is 16.5. The number of nitrogens with zero attached hydrogens (tertiary/aromatic N) is 1. The first-order chi connectivity index (χ1) is 23.6. The molecule has 228 valence electrons. The van der Waals surface area contributed by atoms with E-state index in [2.05, 4.69) is 170 Å². The van der Waals surface area contributed by atoms with Crippen molar-refractivity contribution in [2.45, 2.75) is 38.8 Å². The van der Waals surface area contributed by atoms with Crippen LogP contribution in [0.25, 0.3) is 43.4 Å². The van der Waals surface area contributed by atoms with Crippen molar-refractivity contribution in [2.75, 3.05) is 4.90 Å². The van der Waals surface area contributed by atoms with Crippen LogP contribution in [0.1, 0.15) is 25.0 Å². The molecule has 10 rings (SSSR count). The maximum Gasteiger partial charge on any atom is 0.0612 e. The van der Waals surface area contributed by atoms with Crippen molar-refractivity contribution < 1.29 is 0 Å². The lowest BCUT2D eigenvalue weighted by molar-refractivity contribution is 0.659. The summed E-state index contributed by atoms with van der Waals surface area (Å²) in [6.07, 6.45) is 0. The van der Waals surface area contributed by atoms with Gasteiger partial charge in [-0.1, -0.05) is 147 Å². The molecule has 3 heteroatoms. The zero-order chi connectivity index (χ0) is 32.0. The van der Waals surface area contributed by atoms with Crippen molar-refractivity contribution in [2.24, 2.45) is 0 Å². The molecule has 1 aliphatic heterocycles. The summed E-state index contributed by atoms with van der Waals surface area (Å²) in [5, 5.41) is 7.73. The molecule has 1 aliphatic carbocycles. The smallest absolute Gasteiger partial charge is 0.0612 e. The molecule has 0 radical (unpaired) electrons. The van der Waals surface area contributed by atoms with Gasteiger partial charge in [0.1, 0.15) is 0 Å². The lowest BCUT2D eigenvalue weighted by Gasteiger charge is -2.31. The predicted octanol–water partition coefficient (Wildman–Crippen LogP) is 13.5. The molecule has 2 aliphatic rings. The van der Waals surface area contributed by atoms with Crippen molar-refractivity contribution in [1.82, 2.24) is 0 Å². The van der Waals surface area contributed by atoms with Gasteiger partial charge in [0.05, 0.1) is 10.6 Å². The molecule has 0 atom stereocenters. The van der Waals surface area contributed by atoms with Crippen LogP contribution in [0.15, 0.2) is 171 Å². The number of anilines is 3. The molecular formula is C45H31NS2. The summed E-state index contributed by atoms with van der Waals surface area (Å²) in [7, 11) is 0. The first-order valence-corrected chi connectivity index (χ1v) is 18.2. The molecule has 1 heterocycles. The third-order valence-electron chi connectivity index (χ3n) is 10.3. The second kappa shape index (κ2) is 10.5. The summed E-state index contributed by atoms with van der Waals surface area (Å²) in [6, 6.07) is 56.1. The molecule has 48 heavy (non-hydrogen) atoms. The first kappa shape index (κ1) is 28.1. The second-order valence-corrected chi connectivity index (χ2v) is 15.4. The monoisotopic (exact) mass is 649 g/mol. The van der Waals surface area contributed by atoms with Gasteiger partial charge in [0, 0.05) is 37.0 Å². The van der Waals surface area contributed by atoms with E-state index in [-0.39, 0.29) is 5.41 Å². The summed E-state index contributed by atoms with van der Waals surface area (Å²) in [6.45, 7) is 4.74. The molecule has 1 nitrogen and oxygen atoms in total. The Morgan fingerprint density at radius 1 is 0.438 bits per heavy atom. The van der Waals surface area contributed by atoms with Gasteiger partial charge in [0.2, 0.25) is 0 Å². The van der Waals surface area contributed by atoms with E-state index in [4.69, 9.17) is 0 Å². The van der Waals surface area contributed by atoms with Gasteiger partial charge in [-0.2, -0.15) is 0 Å². The SMILES string of the molecule is CC1(C)c2ccccc2-c2c1ccc1c2Sc2c(cccc2N(c2ccccc2)c2ccc3c4ccccc4c4ccccc4c3c2)S1. The normalized spacial score (nSPS) is 14.0. The number of rotatable bonds is 3. The maximum atomic E-state index is 2.46. The van der Waals surface area contributed by atoms with Gasteiger partial charge >= 0.3 is 0 Å². The fourth-order valence-electron chi connectivity index (χ4n) is 8.05. The number of hydrogen-bond acceptors (Lipinski definition) is 3. The largest absolute Gasteiger partial charge is 0.309 e. The number of para-hydroxylation sites is 1. The minimum atomic E-state index is -0.0277. The van der Waals surface area contributed by atoms with Crippen LogP contribution in [0.4, 0.5) is 17.1 Å². The van der Waals surface area contributed by atoms with Crippen molar-refractivity contribution in [3.8, 4) is 11.1 Å². The van der Waals surface area contributed by atoms with Gasteiger partial charge in [-0.15, -0.1) is 0 Å². The van der Waals surface area contributed by atoms with Crippen molar-refractivity contribution >= 4 is 72.9 Å². The molecule has 0 N–H and O–H groups in total. The Morgan fingerprint density at radius 2 is 1.06 bits per heavy atom. The minimum absolute atomic E-state index is 0.0277. The van der Waals surface area contributed by atoms with Crippen molar-refractivity contribution in [3.63, 3.8) is 0 Å². The van der Waals surface area contributed by atoms with E-state index in [1.807, 2.05) is 23.5 Å². The molecule has 0 bridgehead atoms. The van der Waals surface area contributed by atoms with Crippen LogP contribution in [0, 0.1) is 0 Å². The highest BCUT2D eigenvalue weighted by Gasteiger charge is 2.39. The van der Waals surface area contributed by atoms with Crippen LogP contribution >= 0.6 is 23.5 Å². The zero-order valence-electron chi connectivity index (χ0n) is 26.7. The second-order valence-electron chi connectivity index (χ2n) is 13.3. The fraction of sp³-hybridized carbons (Fsp3) is 0.0667. The highest BCUT2D eigenvalue weighted by atomic mass is 32.2. The van der Waals surface area contributed by atoms with Crippen LogP contribution in [0.3, 0.4) is 0 Å². The Balaban J connectivity index is 1.20. The predicted molar refractivity (Wildman–Crippen MR) is 206 cm³/mol. The Labute approximate surface area is 289 Å². The standard InChI is InChI=1S/C45H31NS2/c1-45(2)37-20-11-10-19-35(37)42-38(45)25-26-41-44(42)48-43-39(21-12-22-40(43)47-41)46(28-13-4-3-5-14-28)29-23-24-34-32-17-7-6-15-30(32)31-16-8-9-18-33(31)36(34)27-29/h3-27H,1-2H3. The molecule has 0 amide bonds. The van der Waals surface area contributed by atoms with E-state index in [1.54, 1.807) is 0 Å². The summed E-state index contributed by atoms with van der Waals surface area (Å²) < 4.78 is 0. The van der Waals surface area contributed by atoms with Crippen LogP contribution in [0.2, 0.25) is 0 Å². The third kappa shape index (κ3) is 4.01. The van der Waals surface area contributed by atoms with Crippen LogP contribution < -0.4 is 4.90 Å². The van der Waals surface area contributed by atoms with E-state index >= 15 is 0 Å². The van der Waals surface area contributed by atoms with E-state index in [0.717, 1.165) is 11.4 Å². The lowest BCUT2D eigenvalue weighted by Crippen LogP contribution is -2.15. The molecule has 8 aromatic rings. The summed E-state index contributed by atoms with van der Waals surface area (Å²) in [5.74, 6) is 0. The third-order valence-corrected chi connectivity index (χ3v) is 12.9. The van der Waals surface area contributed by atoms with Crippen molar-refractivity contribution in [3.05, 3.63) is 163 Å². The van der Waals surface area contributed by atoms with Gasteiger partial charge < -0.3 is 4.90 Å². The molecule has 0 spiro atoms. The van der Waals surface area contributed by atoms with Crippen LogP contribution in [0.5, 0.6) is 0 Å². The summed E-state index contributed by atoms with van der Waals surface area (Å²) >= 11 is 3.85. The maximum absolute atomic E-state index is 2.46. The Hall–Kier alpha value is -4.96. The van der Waals surface area contributed by atoms with Gasteiger partial charge in [-0.05, 0) is 91.5 Å². The molecule has 0 unspecified atom stereocenters. The van der Waals surface area contributed by atoms with Gasteiger partial charge in [-0.3, -0.25) is 0 Å². The van der Waals surface area contributed by atoms with Crippen molar-refractivity contribution in [1.29, 1.82) is 0 Å². The molecular weight excluding hydrogens is 619 g/mol. The van der Waals surface area contributed by atoms with E-state index in [0.29, 0.717) is 0 Å². The van der Waals surface area contributed by atoms with E-state index in [1.165, 1.54) is 79.8 Å². The summed E-state index contributed by atoms with van der Waals surface area (Å²) in [5.41, 5.74) is 9.10. The number of fused-ring (bicyclic) bond motifs is 12. The molecule has 8 aromatic carbocycles. The fourth-order valence-corrected chi connectivity index (χ4v) is 10.6.